The number of carboxylic acids is 1. The Labute approximate surface area is 183 Å². The van der Waals surface area contributed by atoms with Crippen molar-refractivity contribution in [2.24, 2.45) is 7.05 Å². The van der Waals surface area contributed by atoms with Crippen molar-refractivity contribution < 1.29 is 14.6 Å². The van der Waals surface area contributed by atoms with E-state index in [1.165, 1.54) is 24.1 Å². The van der Waals surface area contributed by atoms with Gasteiger partial charge in [0.15, 0.2) is 5.65 Å². The van der Waals surface area contributed by atoms with E-state index >= 15 is 0 Å². The Kier molecular flexibility index (Phi) is 5.98. The minimum absolute atomic E-state index is 0.139. The number of ether oxygens (including phenoxy) is 1. The smallest absolute Gasteiger partial charge is 0.339 e. The summed E-state index contributed by atoms with van der Waals surface area (Å²) in [6.07, 6.45) is 8.77. The Bertz CT molecular complexity index is 1110. The van der Waals surface area contributed by atoms with Crippen molar-refractivity contribution >= 4 is 25.2 Å². The lowest BCUT2D eigenvalue weighted by molar-refractivity contribution is 0.0696. The van der Waals surface area contributed by atoms with Gasteiger partial charge in [-0.25, -0.2) is 14.8 Å². The van der Waals surface area contributed by atoms with Crippen molar-refractivity contribution in [2.75, 3.05) is 6.61 Å². The zero-order valence-electron chi connectivity index (χ0n) is 18.8. The molecule has 3 heterocycles. The second kappa shape index (κ2) is 8.55. The summed E-state index contributed by atoms with van der Waals surface area (Å²) < 4.78 is 9.50. The third kappa shape index (κ3) is 4.57. The lowest BCUT2D eigenvalue weighted by Gasteiger charge is -2.15. The standard InChI is InChI=1S/C22H31N5O3Si/c1-26-18-9-7-5-6-8-15(18)19(25-26)17-12-23-21-20(24-17)16(22(28)29)13-27(21)14-30-10-11-31(2,3)4/h12-13H,5-11,14H2,1-4H3,(H,28,29). The molecular formula is C22H31N5O3Si. The molecule has 9 heteroatoms. The molecule has 8 nitrogen and oxygen atoms in total. The molecule has 0 radical (unpaired) electrons. The van der Waals surface area contributed by atoms with Crippen molar-refractivity contribution in [3.63, 3.8) is 0 Å². The molecule has 3 aromatic rings. The Hall–Kier alpha value is -2.52. The first-order valence-corrected chi connectivity index (χ1v) is 14.7. The second-order valence-electron chi connectivity index (χ2n) is 9.55. The highest BCUT2D eigenvalue weighted by atomic mass is 28.3. The summed E-state index contributed by atoms with van der Waals surface area (Å²) in [4.78, 5) is 21.2. The molecule has 0 saturated carbocycles. The predicted molar refractivity (Wildman–Crippen MR) is 122 cm³/mol. The molecule has 0 unspecified atom stereocenters. The van der Waals surface area contributed by atoms with Crippen molar-refractivity contribution in [3.05, 3.63) is 29.2 Å². The lowest BCUT2D eigenvalue weighted by Crippen LogP contribution is -2.22. The number of hydrogen-bond acceptors (Lipinski definition) is 5. The van der Waals surface area contributed by atoms with Gasteiger partial charge in [0.1, 0.15) is 29.2 Å². The number of aromatic nitrogens is 5. The molecule has 0 aliphatic heterocycles. The van der Waals surface area contributed by atoms with Crippen LogP contribution in [-0.2, 0) is 31.4 Å². The lowest BCUT2D eigenvalue weighted by atomic mass is 10.1. The maximum Gasteiger partial charge on any atom is 0.339 e. The Morgan fingerprint density at radius 3 is 2.74 bits per heavy atom. The molecule has 0 spiro atoms. The largest absolute Gasteiger partial charge is 0.478 e. The maximum absolute atomic E-state index is 11.9. The van der Waals surface area contributed by atoms with E-state index in [0.29, 0.717) is 23.5 Å². The van der Waals surface area contributed by atoms with E-state index in [0.717, 1.165) is 31.0 Å². The predicted octanol–water partition coefficient (Wildman–Crippen LogP) is 4.11. The van der Waals surface area contributed by atoms with Crippen LogP contribution in [0.15, 0.2) is 12.4 Å². The molecule has 4 rings (SSSR count). The number of aryl methyl sites for hydroxylation is 1. The minimum atomic E-state index is -1.19. The summed E-state index contributed by atoms with van der Waals surface area (Å²) in [6, 6.07) is 1.05. The number of carbonyl (C=O) groups is 1. The first kappa shape index (κ1) is 21.7. The molecule has 0 amide bonds. The number of aromatic carboxylic acids is 1. The quantitative estimate of drug-likeness (QED) is 0.337. The van der Waals surface area contributed by atoms with Gasteiger partial charge in [0.05, 0.1) is 6.20 Å². The Balaban J connectivity index is 1.68. The van der Waals surface area contributed by atoms with Crippen LogP contribution in [0.3, 0.4) is 0 Å². The first-order chi connectivity index (χ1) is 14.7. The van der Waals surface area contributed by atoms with Crippen LogP contribution >= 0.6 is 0 Å². The van der Waals surface area contributed by atoms with Gasteiger partial charge in [-0.05, 0) is 31.7 Å². The molecule has 3 aromatic heterocycles. The molecular weight excluding hydrogens is 410 g/mol. The van der Waals surface area contributed by atoms with Gasteiger partial charge in [-0.3, -0.25) is 4.68 Å². The second-order valence-corrected chi connectivity index (χ2v) is 15.2. The molecule has 166 valence electrons. The zero-order valence-corrected chi connectivity index (χ0v) is 19.8. The van der Waals surface area contributed by atoms with E-state index in [9.17, 15) is 9.90 Å². The third-order valence-electron chi connectivity index (χ3n) is 5.88. The van der Waals surface area contributed by atoms with Crippen molar-refractivity contribution in [1.82, 2.24) is 24.3 Å². The van der Waals surface area contributed by atoms with Gasteiger partial charge in [-0.2, -0.15) is 5.10 Å². The maximum atomic E-state index is 11.9. The highest BCUT2D eigenvalue weighted by Gasteiger charge is 2.23. The van der Waals surface area contributed by atoms with Crippen LogP contribution in [0.5, 0.6) is 0 Å². The molecule has 0 saturated heterocycles. The molecule has 1 N–H and O–H groups in total. The Morgan fingerprint density at radius 2 is 2.00 bits per heavy atom. The minimum Gasteiger partial charge on any atom is -0.478 e. The highest BCUT2D eigenvalue weighted by molar-refractivity contribution is 6.76. The summed E-state index contributed by atoms with van der Waals surface area (Å²) in [5.41, 5.74) is 4.97. The van der Waals surface area contributed by atoms with Gasteiger partial charge in [-0.15, -0.1) is 0 Å². The van der Waals surface area contributed by atoms with E-state index in [-0.39, 0.29) is 12.3 Å². The molecule has 1 aliphatic rings. The van der Waals surface area contributed by atoms with E-state index in [4.69, 9.17) is 14.8 Å². The average molecular weight is 442 g/mol. The topological polar surface area (TPSA) is 95.1 Å². The molecule has 0 atom stereocenters. The Morgan fingerprint density at radius 1 is 1.23 bits per heavy atom. The number of carboxylic acid groups (broad SMARTS) is 1. The van der Waals surface area contributed by atoms with Gasteiger partial charge in [-0.1, -0.05) is 26.1 Å². The van der Waals surface area contributed by atoms with Crippen LogP contribution in [-0.4, -0.2) is 50.1 Å². The summed E-state index contributed by atoms with van der Waals surface area (Å²) in [5, 5.41) is 14.4. The van der Waals surface area contributed by atoms with E-state index in [1.54, 1.807) is 17.0 Å². The van der Waals surface area contributed by atoms with E-state index in [1.807, 2.05) is 11.7 Å². The summed E-state index contributed by atoms with van der Waals surface area (Å²) in [6.45, 7) is 7.82. The van der Waals surface area contributed by atoms with Crippen LogP contribution in [0.25, 0.3) is 22.6 Å². The van der Waals surface area contributed by atoms with Crippen molar-refractivity contribution in [1.29, 1.82) is 0 Å². The summed E-state index contributed by atoms with van der Waals surface area (Å²) in [7, 11) is 0.783. The third-order valence-corrected chi connectivity index (χ3v) is 7.58. The van der Waals surface area contributed by atoms with Crippen molar-refractivity contribution in [3.8, 4) is 11.4 Å². The SMILES string of the molecule is Cn1nc(-c2cnc3c(n2)c(C(=O)O)cn3COCC[Si](C)(C)C)c2c1CCCCC2. The fourth-order valence-corrected chi connectivity index (χ4v) is 4.87. The van der Waals surface area contributed by atoms with Crippen LogP contribution in [0.4, 0.5) is 0 Å². The average Bonchev–Trinajstić information content (AvgIpc) is 3.10. The molecule has 0 fully saturated rings. The number of hydrogen-bond donors (Lipinski definition) is 1. The van der Waals surface area contributed by atoms with Crippen LogP contribution < -0.4 is 0 Å². The van der Waals surface area contributed by atoms with E-state index < -0.39 is 14.0 Å². The zero-order chi connectivity index (χ0) is 22.2. The highest BCUT2D eigenvalue weighted by Crippen LogP contribution is 2.30. The summed E-state index contributed by atoms with van der Waals surface area (Å²) in [5.74, 6) is -1.02. The van der Waals surface area contributed by atoms with Gasteiger partial charge >= 0.3 is 5.97 Å². The number of fused-ring (bicyclic) bond motifs is 2. The van der Waals surface area contributed by atoms with Crippen molar-refractivity contribution in [2.45, 2.75) is 64.5 Å². The monoisotopic (exact) mass is 441 g/mol. The van der Waals surface area contributed by atoms with Gasteiger partial charge < -0.3 is 14.4 Å². The fraction of sp³-hybridized carbons (Fsp3) is 0.545. The molecule has 0 bridgehead atoms. The molecule has 1 aliphatic carbocycles. The van der Waals surface area contributed by atoms with Gasteiger partial charge in [0, 0.05) is 39.2 Å². The molecule has 0 aromatic carbocycles. The summed E-state index contributed by atoms with van der Waals surface area (Å²) >= 11 is 0. The van der Waals surface area contributed by atoms with Crippen LogP contribution in [0, 0.1) is 0 Å². The van der Waals surface area contributed by atoms with Crippen LogP contribution in [0.1, 0.15) is 40.9 Å². The molecule has 31 heavy (non-hydrogen) atoms. The normalized spacial score (nSPS) is 14.6. The fourth-order valence-electron chi connectivity index (χ4n) is 4.12. The van der Waals surface area contributed by atoms with Gasteiger partial charge in [0.25, 0.3) is 0 Å². The van der Waals surface area contributed by atoms with Crippen LogP contribution in [0.2, 0.25) is 25.7 Å². The number of rotatable bonds is 7. The first-order valence-electron chi connectivity index (χ1n) is 11.0. The van der Waals surface area contributed by atoms with E-state index in [2.05, 4.69) is 24.6 Å². The van der Waals surface area contributed by atoms with Gasteiger partial charge in [0.2, 0.25) is 0 Å². The number of nitrogens with zero attached hydrogens (tertiary/aromatic N) is 5.